The molecule has 0 aromatic heterocycles. The zero-order valence-electron chi connectivity index (χ0n) is 16.1. The summed E-state index contributed by atoms with van der Waals surface area (Å²) < 4.78 is 18.2. The number of rotatable bonds is 6. The van der Waals surface area contributed by atoms with Crippen LogP contribution < -0.4 is 15.4 Å². The third-order valence-corrected chi connectivity index (χ3v) is 5.11. The molecule has 6 nitrogen and oxygen atoms in total. The molecule has 0 aliphatic carbocycles. The number of hydrogen-bond acceptors (Lipinski definition) is 4. The largest absolute Gasteiger partial charge is 0.495 e. The summed E-state index contributed by atoms with van der Waals surface area (Å²) in [6.45, 7) is 1.51. The van der Waals surface area contributed by atoms with Crippen molar-refractivity contribution in [1.29, 1.82) is 0 Å². The molecule has 1 aliphatic rings. The summed E-state index contributed by atoms with van der Waals surface area (Å²) in [6.07, 6.45) is 1.30. The van der Waals surface area contributed by atoms with E-state index in [2.05, 4.69) is 10.6 Å². The summed E-state index contributed by atoms with van der Waals surface area (Å²) >= 11 is 6.01. The second-order valence-electron chi connectivity index (χ2n) is 6.94. The molecule has 154 valence electrons. The number of carbonyl (C=O) groups is 2. The third kappa shape index (κ3) is 5.92. The zero-order chi connectivity index (χ0) is 20.8. The molecule has 1 fully saturated rings. The van der Waals surface area contributed by atoms with Crippen molar-refractivity contribution in [1.82, 2.24) is 4.90 Å². The molecule has 2 aromatic carbocycles. The summed E-state index contributed by atoms with van der Waals surface area (Å²) in [4.78, 5) is 26.8. The van der Waals surface area contributed by atoms with Crippen molar-refractivity contribution in [3.05, 3.63) is 53.3 Å². The molecule has 0 spiro atoms. The molecule has 8 heteroatoms. The van der Waals surface area contributed by atoms with Crippen molar-refractivity contribution in [2.24, 2.45) is 5.92 Å². The van der Waals surface area contributed by atoms with E-state index in [1.54, 1.807) is 18.2 Å². The zero-order valence-corrected chi connectivity index (χ0v) is 16.8. The second kappa shape index (κ2) is 9.71. The summed E-state index contributed by atoms with van der Waals surface area (Å²) in [6, 6.07) is 10.7. The number of likely N-dealkylation sites (tertiary alicyclic amines) is 1. The molecule has 29 heavy (non-hydrogen) atoms. The van der Waals surface area contributed by atoms with Crippen LogP contribution >= 0.6 is 11.6 Å². The Labute approximate surface area is 174 Å². The molecular formula is C21H23ClFN3O3. The highest BCUT2D eigenvalue weighted by Gasteiger charge is 2.26. The van der Waals surface area contributed by atoms with Gasteiger partial charge in [-0.25, -0.2) is 4.39 Å². The summed E-state index contributed by atoms with van der Waals surface area (Å²) in [7, 11) is 1.54. The lowest BCUT2D eigenvalue weighted by atomic mass is 9.95. The molecule has 0 radical (unpaired) electrons. The Balaban J connectivity index is 1.47. The van der Waals surface area contributed by atoms with Crippen LogP contribution in [-0.2, 0) is 9.59 Å². The average molecular weight is 420 g/mol. The molecule has 2 N–H and O–H groups in total. The Hall–Kier alpha value is -2.64. The van der Waals surface area contributed by atoms with E-state index in [0.29, 0.717) is 48.1 Å². The number of nitrogens with zero attached hydrogens (tertiary/aromatic N) is 1. The number of anilines is 2. The highest BCUT2D eigenvalue weighted by molar-refractivity contribution is 6.31. The van der Waals surface area contributed by atoms with Gasteiger partial charge in [-0.3, -0.25) is 14.5 Å². The van der Waals surface area contributed by atoms with E-state index in [1.165, 1.54) is 31.4 Å². The number of benzene rings is 2. The van der Waals surface area contributed by atoms with Crippen LogP contribution in [0.15, 0.2) is 42.5 Å². The number of carbonyl (C=O) groups excluding carboxylic acids is 2. The van der Waals surface area contributed by atoms with Crippen molar-refractivity contribution >= 4 is 34.8 Å². The standard InChI is InChI=1S/C21H23ClFN3O3/c1-29-19-7-2-15(22)12-18(19)25-21(28)14-8-10-26(11-9-14)13-20(27)24-17-5-3-16(23)4-6-17/h2-7,12,14H,8-11,13H2,1H3,(H,24,27)(H,25,28). The summed E-state index contributed by atoms with van der Waals surface area (Å²) in [5, 5.41) is 6.15. The summed E-state index contributed by atoms with van der Waals surface area (Å²) in [5.74, 6) is -0.185. The number of hydrogen-bond donors (Lipinski definition) is 2. The molecule has 0 unspecified atom stereocenters. The smallest absolute Gasteiger partial charge is 0.238 e. The quantitative estimate of drug-likeness (QED) is 0.747. The van der Waals surface area contributed by atoms with E-state index in [0.717, 1.165) is 0 Å². The maximum atomic E-state index is 12.9. The van der Waals surface area contributed by atoms with E-state index in [1.807, 2.05) is 4.90 Å². The van der Waals surface area contributed by atoms with Gasteiger partial charge in [0.15, 0.2) is 0 Å². The normalized spacial score (nSPS) is 15.0. The van der Waals surface area contributed by atoms with Crippen molar-refractivity contribution in [2.45, 2.75) is 12.8 Å². The molecule has 0 saturated carbocycles. The number of piperidine rings is 1. The van der Waals surface area contributed by atoms with Gasteiger partial charge in [0.25, 0.3) is 0 Å². The lowest BCUT2D eigenvalue weighted by molar-refractivity contribution is -0.121. The van der Waals surface area contributed by atoms with Gasteiger partial charge >= 0.3 is 0 Å². The fraction of sp³-hybridized carbons (Fsp3) is 0.333. The molecule has 0 bridgehead atoms. The second-order valence-corrected chi connectivity index (χ2v) is 7.38. The first-order valence-electron chi connectivity index (χ1n) is 9.37. The Morgan fingerprint density at radius 3 is 2.48 bits per heavy atom. The van der Waals surface area contributed by atoms with Crippen LogP contribution in [0.1, 0.15) is 12.8 Å². The lowest BCUT2D eigenvalue weighted by Gasteiger charge is -2.30. The van der Waals surface area contributed by atoms with Crippen LogP contribution in [0, 0.1) is 11.7 Å². The van der Waals surface area contributed by atoms with Gasteiger partial charge in [-0.1, -0.05) is 11.6 Å². The summed E-state index contributed by atoms with van der Waals surface area (Å²) in [5.41, 5.74) is 1.10. The lowest BCUT2D eigenvalue weighted by Crippen LogP contribution is -2.41. The molecule has 3 rings (SSSR count). The Morgan fingerprint density at radius 2 is 1.83 bits per heavy atom. The van der Waals surface area contributed by atoms with Gasteiger partial charge in [-0.2, -0.15) is 0 Å². The van der Waals surface area contributed by atoms with Gasteiger partial charge in [0, 0.05) is 16.6 Å². The number of amides is 2. The highest BCUT2D eigenvalue weighted by atomic mass is 35.5. The van der Waals surface area contributed by atoms with Crippen molar-refractivity contribution in [3.63, 3.8) is 0 Å². The predicted molar refractivity (Wildman–Crippen MR) is 111 cm³/mol. The first-order chi connectivity index (χ1) is 13.9. The van der Waals surface area contributed by atoms with E-state index >= 15 is 0 Å². The molecule has 0 atom stereocenters. The van der Waals surface area contributed by atoms with Crippen molar-refractivity contribution in [2.75, 3.05) is 37.4 Å². The van der Waals surface area contributed by atoms with Crippen LogP contribution in [0.5, 0.6) is 5.75 Å². The number of methoxy groups -OCH3 is 1. The third-order valence-electron chi connectivity index (χ3n) is 4.87. The van der Waals surface area contributed by atoms with Crippen LogP contribution in [0.3, 0.4) is 0 Å². The number of halogens is 2. The monoisotopic (exact) mass is 419 g/mol. The Morgan fingerprint density at radius 1 is 1.14 bits per heavy atom. The molecule has 1 aliphatic heterocycles. The van der Waals surface area contributed by atoms with Crippen LogP contribution in [-0.4, -0.2) is 43.5 Å². The van der Waals surface area contributed by atoms with E-state index in [4.69, 9.17) is 16.3 Å². The average Bonchev–Trinajstić information content (AvgIpc) is 2.70. The minimum atomic E-state index is -0.348. The Bertz CT molecular complexity index is 868. The first kappa shape index (κ1) is 21.1. The maximum absolute atomic E-state index is 12.9. The predicted octanol–water partition coefficient (Wildman–Crippen LogP) is 3.78. The van der Waals surface area contributed by atoms with Gasteiger partial charge in [-0.05, 0) is 68.4 Å². The van der Waals surface area contributed by atoms with Crippen molar-refractivity contribution < 1.29 is 18.7 Å². The van der Waals surface area contributed by atoms with E-state index in [-0.39, 0.29) is 30.1 Å². The first-order valence-corrected chi connectivity index (χ1v) is 9.74. The molecule has 2 amide bonds. The van der Waals surface area contributed by atoms with Gasteiger partial charge in [0.2, 0.25) is 11.8 Å². The van der Waals surface area contributed by atoms with Crippen LogP contribution in [0.2, 0.25) is 5.02 Å². The van der Waals surface area contributed by atoms with Crippen LogP contribution in [0.4, 0.5) is 15.8 Å². The van der Waals surface area contributed by atoms with Crippen LogP contribution in [0.25, 0.3) is 0 Å². The van der Waals surface area contributed by atoms with Gasteiger partial charge < -0.3 is 15.4 Å². The fourth-order valence-electron chi connectivity index (χ4n) is 3.30. The molecular weight excluding hydrogens is 397 g/mol. The molecule has 1 heterocycles. The van der Waals surface area contributed by atoms with Crippen molar-refractivity contribution in [3.8, 4) is 5.75 Å². The molecule has 1 saturated heterocycles. The van der Waals surface area contributed by atoms with Gasteiger partial charge in [0.1, 0.15) is 11.6 Å². The van der Waals surface area contributed by atoms with Gasteiger partial charge in [-0.15, -0.1) is 0 Å². The number of nitrogens with one attached hydrogen (secondary N) is 2. The topological polar surface area (TPSA) is 70.7 Å². The fourth-order valence-corrected chi connectivity index (χ4v) is 3.47. The minimum absolute atomic E-state index is 0.0824. The van der Waals surface area contributed by atoms with Gasteiger partial charge in [0.05, 0.1) is 19.3 Å². The van der Waals surface area contributed by atoms with E-state index in [9.17, 15) is 14.0 Å². The molecule has 2 aromatic rings. The SMILES string of the molecule is COc1ccc(Cl)cc1NC(=O)C1CCN(CC(=O)Nc2ccc(F)cc2)CC1. The Kier molecular flexibility index (Phi) is 7.06. The van der Waals surface area contributed by atoms with E-state index < -0.39 is 0 Å². The minimum Gasteiger partial charge on any atom is -0.495 e. The maximum Gasteiger partial charge on any atom is 0.238 e. The highest BCUT2D eigenvalue weighted by Crippen LogP contribution is 2.29. The number of ether oxygens (including phenoxy) is 1.